The van der Waals surface area contributed by atoms with Crippen LogP contribution in [0.4, 0.5) is 10.1 Å². The molecular weight excluding hydrogens is 417 g/mol. The zero-order valence-corrected chi connectivity index (χ0v) is 18.7. The van der Waals surface area contributed by atoms with Crippen LogP contribution in [-0.4, -0.2) is 21.5 Å². The maximum atomic E-state index is 13.2. The number of hydrogen-bond donors (Lipinski definition) is 1. The van der Waals surface area contributed by atoms with Gasteiger partial charge in [0.15, 0.2) is 5.78 Å². The molecular formula is C27H24FN3O2. The zero-order chi connectivity index (χ0) is 23.5. The van der Waals surface area contributed by atoms with E-state index in [4.69, 9.17) is 0 Å². The number of carbonyl (C=O) groups excluding carboxylic acids is 2. The number of nitrogens with one attached hydrogen (secondary N) is 1. The number of rotatable bonds is 6. The summed E-state index contributed by atoms with van der Waals surface area (Å²) >= 11 is 0. The molecule has 0 fully saturated rings. The Kier molecular flexibility index (Phi) is 6.18. The number of carbonyl (C=O) groups is 2. The number of aromatic nitrogens is 2. The highest BCUT2D eigenvalue weighted by Crippen LogP contribution is 2.23. The highest BCUT2D eigenvalue weighted by atomic mass is 19.1. The molecule has 1 heterocycles. The van der Waals surface area contributed by atoms with E-state index in [-0.39, 0.29) is 17.5 Å². The van der Waals surface area contributed by atoms with Gasteiger partial charge in [0, 0.05) is 11.1 Å². The summed E-state index contributed by atoms with van der Waals surface area (Å²) in [5.41, 5.74) is 5.15. The summed E-state index contributed by atoms with van der Waals surface area (Å²) in [6.45, 7) is 6.08. The molecule has 0 atom stereocenters. The molecule has 0 aliphatic heterocycles. The molecule has 5 nitrogen and oxygen atoms in total. The van der Waals surface area contributed by atoms with Crippen molar-refractivity contribution >= 4 is 17.4 Å². The third-order valence-electron chi connectivity index (χ3n) is 5.60. The molecule has 0 aliphatic rings. The average molecular weight is 442 g/mol. The van der Waals surface area contributed by atoms with Gasteiger partial charge in [0.2, 0.25) is 0 Å². The molecule has 166 valence electrons. The quantitative estimate of drug-likeness (QED) is 0.403. The van der Waals surface area contributed by atoms with E-state index in [2.05, 4.69) is 10.4 Å². The second-order valence-corrected chi connectivity index (χ2v) is 8.02. The normalized spacial score (nSPS) is 10.8. The number of aryl methyl sites for hydroxylation is 2. The molecule has 1 amide bonds. The average Bonchev–Trinajstić information content (AvgIpc) is 3.08. The van der Waals surface area contributed by atoms with Crippen LogP contribution in [0.25, 0.3) is 0 Å². The van der Waals surface area contributed by atoms with E-state index in [1.165, 1.54) is 12.1 Å². The molecule has 0 aliphatic carbocycles. The van der Waals surface area contributed by atoms with Gasteiger partial charge in [0.05, 0.1) is 29.2 Å². The van der Waals surface area contributed by atoms with Crippen LogP contribution in [0.1, 0.15) is 48.8 Å². The molecule has 0 radical (unpaired) electrons. The van der Waals surface area contributed by atoms with Crippen LogP contribution in [0.3, 0.4) is 0 Å². The number of amides is 1. The van der Waals surface area contributed by atoms with Gasteiger partial charge in [0.25, 0.3) is 5.91 Å². The predicted octanol–water partition coefficient (Wildman–Crippen LogP) is 5.48. The Labute approximate surface area is 191 Å². The predicted molar refractivity (Wildman–Crippen MR) is 126 cm³/mol. The van der Waals surface area contributed by atoms with Crippen LogP contribution in [0.5, 0.6) is 0 Å². The number of hydrogen-bond acceptors (Lipinski definition) is 3. The van der Waals surface area contributed by atoms with Gasteiger partial charge in [-0.05, 0) is 44.5 Å². The first kappa shape index (κ1) is 22.1. The van der Waals surface area contributed by atoms with Crippen LogP contribution in [-0.2, 0) is 6.54 Å². The van der Waals surface area contributed by atoms with Crippen molar-refractivity contribution in [1.82, 2.24) is 9.78 Å². The van der Waals surface area contributed by atoms with Gasteiger partial charge in [-0.15, -0.1) is 0 Å². The first-order chi connectivity index (χ1) is 15.8. The van der Waals surface area contributed by atoms with Gasteiger partial charge in [-0.2, -0.15) is 5.10 Å². The molecule has 33 heavy (non-hydrogen) atoms. The first-order valence-electron chi connectivity index (χ1n) is 10.6. The molecule has 6 heteroatoms. The smallest absolute Gasteiger partial charge is 0.256 e. The fourth-order valence-electron chi connectivity index (χ4n) is 3.71. The van der Waals surface area contributed by atoms with Crippen LogP contribution >= 0.6 is 0 Å². The highest BCUT2D eigenvalue weighted by molar-refractivity contribution is 6.17. The lowest BCUT2D eigenvalue weighted by Gasteiger charge is -2.11. The molecule has 0 spiro atoms. The molecule has 1 N–H and O–H groups in total. The lowest BCUT2D eigenvalue weighted by molar-refractivity contribution is 0.0996. The Morgan fingerprint density at radius 2 is 1.52 bits per heavy atom. The fraction of sp³-hybridized carbons (Fsp3) is 0.148. The van der Waals surface area contributed by atoms with Crippen LogP contribution < -0.4 is 5.32 Å². The number of benzene rings is 3. The Bertz CT molecular complexity index is 1320. The lowest BCUT2D eigenvalue weighted by Crippen LogP contribution is -2.18. The van der Waals surface area contributed by atoms with Crippen molar-refractivity contribution in [1.29, 1.82) is 0 Å². The minimum absolute atomic E-state index is 0.207. The monoisotopic (exact) mass is 441 g/mol. The molecule has 3 aromatic carbocycles. The maximum Gasteiger partial charge on any atom is 0.256 e. The number of anilines is 1. The number of halogens is 1. The summed E-state index contributed by atoms with van der Waals surface area (Å²) in [6.07, 6.45) is 0. The summed E-state index contributed by atoms with van der Waals surface area (Å²) < 4.78 is 15.0. The molecule has 4 rings (SSSR count). The molecule has 0 saturated carbocycles. The minimum atomic E-state index is -0.376. The lowest BCUT2D eigenvalue weighted by atomic mass is 9.97. The Morgan fingerprint density at radius 3 is 2.18 bits per heavy atom. The van der Waals surface area contributed by atoms with Crippen LogP contribution in [0.2, 0.25) is 0 Å². The van der Waals surface area contributed by atoms with E-state index >= 15 is 0 Å². The van der Waals surface area contributed by atoms with Gasteiger partial charge >= 0.3 is 0 Å². The van der Waals surface area contributed by atoms with Gasteiger partial charge in [-0.1, -0.05) is 60.2 Å². The number of nitrogens with zero attached hydrogens (tertiary/aromatic N) is 2. The number of ketones is 1. The Morgan fingerprint density at radius 1 is 0.879 bits per heavy atom. The summed E-state index contributed by atoms with van der Waals surface area (Å²) in [5.74, 6) is -0.876. The summed E-state index contributed by atoms with van der Waals surface area (Å²) in [6, 6.07) is 20.3. The fourth-order valence-corrected chi connectivity index (χ4v) is 3.71. The summed E-state index contributed by atoms with van der Waals surface area (Å²) in [7, 11) is 0. The SMILES string of the molecule is Cc1ccc(C(=O)c2ccccc2C(=O)Nc2c(C)nn(Cc3ccc(F)cc3)c2C)cc1. The van der Waals surface area contributed by atoms with Crippen LogP contribution in [0.15, 0.2) is 72.8 Å². The molecule has 0 unspecified atom stereocenters. The molecule has 0 bridgehead atoms. The van der Waals surface area contributed by atoms with Crippen molar-refractivity contribution in [3.8, 4) is 0 Å². The zero-order valence-electron chi connectivity index (χ0n) is 18.7. The van der Waals surface area contributed by atoms with E-state index in [0.717, 1.165) is 16.8 Å². The largest absolute Gasteiger partial charge is 0.319 e. The molecule has 0 saturated heterocycles. The van der Waals surface area contributed by atoms with Crippen molar-refractivity contribution in [2.45, 2.75) is 27.3 Å². The van der Waals surface area contributed by atoms with E-state index in [9.17, 15) is 14.0 Å². The topological polar surface area (TPSA) is 64.0 Å². The van der Waals surface area contributed by atoms with Crippen molar-refractivity contribution in [3.05, 3.63) is 118 Å². The van der Waals surface area contributed by atoms with Crippen molar-refractivity contribution in [2.24, 2.45) is 0 Å². The van der Waals surface area contributed by atoms with Gasteiger partial charge in [-0.25, -0.2) is 4.39 Å². The molecule has 4 aromatic rings. The first-order valence-corrected chi connectivity index (χ1v) is 10.6. The van der Waals surface area contributed by atoms with E-state index in [1.807, 2.05) is 32.9 Å². The van der Waals surface area contributed by atoms with Crippen LogP contribution in [0, 0.1) is 26.6 Å². The van der Waals surface area contributed by atoms with E-state index in [0.29, 0.717) is 34.6 Å². The summed E-state index contributed by atoms with van der Waals surface area (Å²) in [5, 5.41) is 7.46. The van der Waals surface area contributed by atoms with Crippen molar-refractivity contribution < 1.29 is 14.0 Å². The van der Waals surface area contributed by atoms with Crippen molar-refractivity contribution in [2.75, 3.05) is 5.32 Å². The Balaban J connectivity index is 1.59. The summed E-state index contributed by atoms with van der Waals surface area (Å²) in [4.78, 5) is 26.3. The third-order valence-corrected chi connectivity index (χ3v) is 5.60. The Hall–Kier alpha value is -4.06. The van der Waals surface area contributed by atoms with E-state index < -0.39 is 0 Å². The van der Waals surface area contributed by atoms with Gasteiger partial charge < -0.3 is 5.32 Å². The second-order valence-electron chi connectivity index (χ2n) is 8.02. The highest BCUT2D eigenvalue weighted by Gasteiger charge is 2.21. The molecule has 1 aromatic heterocycles. The van der Waals surface area contributed by atoms with Gasteiger partial charge in [0.1, 0.15) is 5.82 Å². The van der Waals surface area contributed by atoms with Gasteiger partial charge in [-0.3, -0.25) is 14.3 Å². The maximum absolute atomic E-state index is 13.2. The second kappa shape index (κ2) is 9.20. The van der Waals surface area contributed by atoms with Crippen molar-refractivity contribution in [3.63, 3.8) is 0 Å². The standard InChI is InChI=1S/C27H24FN3O2/c1-17-8-12-21(13-9-17)26(32)23-6-4-5-7-24(23)27(33)29-25-18(2)30-31(19(25)3)16-20-10-14-22(28)15-11-20/h4-15H,16H2,1-3H3,(H,29,33). The third kappa shape index (κ3) is 4.75. The minimum Gasteiger partial charge on any atom is -0.319 e. The van der Waals surface area contributed by atoms with E-state index in [1.54, 1.807) is 53.2 Å².